The van der Waals surface area contributed by atoms with Crippen LogP contribution in [0.3, 0.4) is 0 Å². The van der Waals surface area contributed by atoms with Gasteiger partial charge in [0, 0.05) is 38.2 Å². The third kappa shape index (κ3) is 3.65. The highest BCUT2D eigenvalue weighted by Gasteiger charge is 2.29. The van der Waals surface area contributed by atoms with Crippen LogP contribution < -0.4 is 5.32 Å². The number of rotatable bonds is 4. The maximum absolute atomic E-state index is 5.77. The Bertz CT molecular complexity index is 221. The zero-order chi connectivity index (χ0) is 12.3. The fourth-order valence-electron chi connectivity index (χ4n) is 3.06. The standard InChI is InChI=1S/C13H26N2O2/c1-10-6-15(7-11(2)17-10)8-13(14-3)12-4-5-16-9-12/h10-14H,4-9H2,1-3H3. The summed E-state index contributed by atoms with van der Waals surface area (Å²) in [7, 11) is 2.07. The second kappa shape index (κ2) is 6.14. The van der Waals surface area contributed by atoms with Crippen LogP contribution >= 0.6 is 0 Å². The first kappa shape index (κ1) is 13.3. The van der Waals surface area contributed by atoms with Gasteiger partial charge in [-0.15, -0.1) is 0 Å². The van der Waals surface area contributed by atoms with Crippen molar-refractivity contribution >= 4 is 0 Å². The lowest BCUT2D eigenvalue weighted by Gasteiger charge is -2.38. The average Bonchev–Trinajstić information content (AvgIpc) is 2.77. The Morgan fingerprint density at radius 1 is 1.29 bits per heavy atom. The van der Waals surface area contributed by atoms with Crippen LogP contribution in [0, 0.1) is 5.92 Å². The van der Waals surface area contributed by atoms with Crippen molar-refractivity contribution in [1.29, 1.82) is 0 Å². The summed E-state index contributed by atoms with van der Waals surface area (Å²) in [5.74, 6) is 0.674. The predicted octanol–water partition coefficient (Wildman–Crippen LogP) is 0.720. The fraction of sp³-hybridized carbons (Fsp3) is 1.00. The quantitative estimate of drug-likeness (QED) is 0.787. The lowest BCUT2D eigenvalue weighted by atomic mass is 9.98. The third-order valence-electron chi connectivity index (χ3n) is 3.85. The van der Waals surface area contributed by atoms with Gasteiger partial charge in [0.1, 0.15) is 0 Å². The third-order valence-corrected chi connectivity index (χ3v) is 3.85. The molecule has 0 bridgehead atoms. The SMILES string of the molecule is CNC(CN1CC(C)OC(C)C1)C1CCOC1. The van der Waals surface area contributed by atoms with Crippen LogP contribution in [0.2, 0.25) is 0 Å². The molecule has 17 heavy (non-hydrogen) atoms. The number of morpholine rings is 1. The molecule has 2 saturated heterocycles. The molecule has 100 valence electrons. The topological polar surface area (TPSA) is 33.7 Å². The summed E-state index contributed by atoms with van der Waals surface area (Å²) in [6, 6.07) is 0.551. The van der Waals surface area contributed by atoms with E-state index in [1.54, 1.807) is 0 Å². The van der Waals surface area contributed by atoms with Crippen molar-refractivity contribution in [1.82, 2.24) is 10.2 Å². The molecule has 2 heterocycles. The molecule has 0 aromatic carbocycles. The van der Waals surface area contributed by atoms with Gasteiger partial charge in [0.15, 0.2) is 0 Å². The average molecular weight is 242 g/mol. The summed E-state index contributed by atoms with van der Waals surface area (Å²) in [5.41, 5.74) is 0. The van der Waals surface area contributed by atoms with Crippen molar-refractivity contribution < 1.29 is 9.47 Å². The Morgan fingerprint density at radius 2 is 2.00 bits per heavy atom. The minimum Gasteiger partial charge on any atom is -0.381 e. The Hall–Kier alpha value is -0.160. The molecule has 0 aromatic heterocycles. The van der Waals surface area contributed by atoms with Gasteiger partial charge >= 0.3 is 0 Å². The summed E-state index contributed by atoms with van der Waals surface area (Å²) in [6.45, 7) is 9.39. The highest BCUT2D eigenvalue weighted by molar-refractivity contribution is 4.84. The summed E-state index contributed by atoms with van der Waals surface area (Å²) in [5, 5.41) is 3.46. The smallest absolute Gasteiger partial charge is 0.0678 e. The lowest BCUT2D eigenvalue weighted by molar-refractivity contribution is -0.0710. The Morgan fingerprint density at radius 3 is 2.53 bits per heavy atom. The van der Waals surface area contributed by atoms with E-state index in [2.05, 4.69) is 31.1 Å². The maximum Gasteiger partial charge on any atom is 0.0678 e. The molecule has 0 saturated carbocycles. The van der Waals surface area contributed by atoms with Gasteiger partial charge in [0.05, 0.1) is 18.8 Å². The van der Waals surface area contributed by atoms with Gasteiger partial charge in [-0.2, -0.15) is 0 Å². The van der Waals surface area contributed by atoms with E-state index in [0.717, 1.165) is 32.8 Å². The number of likely N-dealkylation sites (N-methyl/N-ethyl adjacent to an activating group) is 1. The Kier molecular flexibility index (Phi) is 4.79. The zero-order valence-corrected chi connectivity index (χ0v) is 11.3. The molecule has 4 nitrogen and oxygen atoms in total. The molecule has 2 aliphatic rings. The van der Waals surface area contributed by atoms with E-state index >= 15 is 0 Å². The molecule has 2 rings (SSSR count). The van der Waals surface area contributed by atoms with E-state index in [9.17, 15) is 0 Å². The van der Waals surface area contributed by atoms with Gasteiger partial charge in [0.2, 0.25) is 0 Å². The molecule has 4 heteroatoms. The Labute approximate surface area is 105 Å². The van der Waals surface area contributed by atoms with Crippen LogP contribution in [-0.4, -0.2) is 63.0 Å². The first-order valence-electron chi connectivity index (χ1n) is 6.82. The van der Waals surface area contributed by atoms with E-state index in [1.807, 2.05) is 0 Å². The summed E-state index contributed by atoms with van der Waals surface area (Å²) >= 11 is 0. The first-order chi connectivity index (χ1) is 8.19. The summed E-state index contributed by atoms with van der Waals surface area (Å²) < 4.78 is 11.3. The van der Waals surface area contributed by atoms with Crippen molar-refractivity contribution in [2.45, 2.75) is 38.5 Å². The second-order valence-corrected chi connectivity index (χ2v) is 5.49. The van der Waals surface area contributed by atoms with Gasteiger partial charge < -0.3 is 14.8 Å². The molecule has 0 spiro atoms. The molecule has 0 radical (unpaired) electrons. The van der Waals surface area contributed by atoms with E-state index < -0.39 is 0 Å². The highest BCUT2D eigenvalue weighted by atomic mass is 16.5. The lowest BCUT2D eigenvalue weighted by Crippen LogP contribution is -2.52. The van der Waals surface area contributed by atoms with Crippen molar-refractivity contribution in [3.05, 3.63) is 0 Å². The van der Waals surface area contributed by atoms with Crippen molar-refractivity contribution in [3.8, 4) is 0 Å². The Balaban J connectivity index is 1.84. The minimum atomic E-state index is 0.357. The number of nitrogens with zero attached hydrogens (tertiary/aromatic N) is 1. The van der Waals surface area contributed by atoms with E-state index in [-0.39, 0.29) is 0 Å². The van der Waals surface area contributed by atoms with E-state index in [0.29, 0.717) is 24.2 Å². The first-order valence-corrected chi connectivity index (χ1v) is 6.82. The molecule has 4 unspecified atom stereocenters. The van der Waals surface area contributed by atoms with Crippen LogP contribution in [0.5, 0.6) is 0 Å². The molecule has 1 N–H and O–H groups in total. The van der Waals surface area contributed by atoms with Gasteiger partial charge in [-0.1, -0.05) is 0 Å². The molecule has 2 aliphatic heterocycles. The normalized spacial score (nSPS) is 37.2. The van der Waals surface area contributed by atoms with Crippen LogP contribution in [0.25, 0.3) is 0 Å². The zero-order valence-electron chi connectivity index (χ0n) is 11.3. The molecule has 4 atom stereocenters. The van der Waals surface area contributed by atoms with Crippen molar-refractivity contribution in [3.63, 3.8) is 0 Å². The maximum atomic E-state index is 5.77. The monoisotopic (exact) mass is 242 g/mol. The number of ether oxygens (including phenoxy) is 2. The fourth-order valence-corrected chi connectivity index (χ4v) is 3.06. The number of hydrogen-bond acceptors (Lipinski definition) is 4. The van der Waals surface area contributed by atoms with Gasteiger partial charge in [-0.3, -0.25) is 4.90 Å². The molecular weight excluding hydrogens is 216 g/mol. The highest BCUT2D eigenvalue weighted by Crippen LogP contribution is 2.19. The van der Waals surface area contributed by atoms with Gasteiger partial charge in [-0.05, 0) is 27.3 Å². The van der Waals surface area contributed by atoms with Crippen LogP contribution in [0.1, 0.15) is 20.3 Å². The summed E-state index contributed by atoms with van der Waals surface area (Å²) in [6.07, 6.45) is 1.91. The molecule has 0 aromatic rings. The minimum absolute atomic E-state index is 0.357. The van der Waals surface area contributed by atoms with Crippen LogP contribution in [0.4, 0.5) is 0 Å². The summed E-state index contributed by atoms with van der Waals surface area (Å²) in [4.78, 5) is 2.53. The number of nitrogens with one attached hydrogen (secondary N) is 1. The van der Waals surface area contributed by atoms with Crippen LogP contribution in [-0.2, 0) is 9.47 Å². The van der Waals surface area contributed by atoms with Crippen molar-refractivity contribution in [2.24, 2.45) is 5.92 Å². The second-order valence-electron chi connectivity index (χ2n) is 5.49. The predicted molar refractivity (Wildman–Crippen MR) is 68.2 cm³/mol. The van der Waals surface area contributed by atoms with Crippen LogP contribution in [0.15, 0.2) is 0 Å². The van der Waals surface area contributed by atoms with E-state index in [1.165, 1.54) is 6.42 Å². The van der Waals surface area contributed by atoms with Crippen molar-refractivity contribution in [2.75, 3.05) is 39.9 Å². The van der Waals surface area contributed by atoms with E-state index in [4.69, 9.17) is 9.47 Å². The van der Waals surface area contributed by atoms with Gasteiger partial charge in [0.25, 0.3) is 0 Å². The molecule has 0 aliphatic carbocycles. The molecule has 0 amide bonds. The molecular formula is C13H26N2O2. The largest absolute Gasteiger partial charge is 0.381 e. The van der Waals surface area contributed by atoms with Gasteiger partial charge in [-0.25, -0.2) is 0 Å². The molecule has 2 fully saturated rings. The number of hydrogen-bond donors (Lipinski definition) is 1.